The van der Waals surface area contributed by atoms with Gasteiger partial charge in [-0.25, -0.2) is 0 Å². The van der Waals surface area contributed by atoms with Gasteiger partial charge in [-0.2, -0.15) is 0 Å². The molecule has 0 aromatic heterocycles. The second-order valence-corrected chi connectivity index (χ2v) is 3.87. The minimum atomic E-state index is 0.503. The third-order valence-electron chi connectivity index (χ3n) is 2.25. The van der Waals surface area contributed by atoms with E-state index in [1.54, 1.807) is 0 Å². The highest BCUT2D eigenvalue weighted by atomic mass is 32.1. The first-order chi connectivity index (χ1) is 6.15. The number of hydrogen-bond donors (Lipinski definition) is 1. The smallest absolute Gasteiger partial charge is 0.0246 e. The van der Waals surface area contributed by atoms with Crippen LogP contribution < -0.4 is 5.73 Å². The molecule has 1 aromatic rings. The Morgan fingerprint density at radius 1 is 1.31 bits per heavy atom. The maximum absolute atomic E-state index is 5.48. The standard InChI is InChI=1S/C11H15NS/c1-8-4-3-5-9(2)11(8)6-10(13)7-12/h3-5H,6-7,12H2,1-2H3. The van der Waals surface area contributed by atoms with E-state index in [1.807, 2.05) is 0 Å². The SMILES string of the molecule is Cc1cccc(C)c1CC(=S)CN. The molecule has 0 aliphatic rings. The van der Waals surface area contributed by atoms with E-state index in [9.17, 15) is 0 Å². The van der Waals surface area contributed by atoms with Crippen LogP contribution in [0.5, 0.6) is 0 Å². The number of aryl methyl sites for hydroxylation is 2. The maximum Gasteiger partial charge on any atom is 0.0246 e. The molecule has 0 unspecified atom stereocenters. The van der Waals surface area contributed by atoms with Crippen molar-refractivity contribution in [2.24, 2.45) is 5.73 Å². The minimum Gasteiger partial charge on any atom is -0.326 e. The van der Waals surface area contributed by atoms with E-state index >= 15 is 0 Å². The van der Waals surface area contributed by atoms with Crippen LogP contribution in [0.25, 0.3) is 0 Å². The summed E-state index contributed by atoms with van der Waals surface area (Å²) in [5, 5.41) is 0. The average molecular weight is 193 g/mol. The van der Waals surface area contributed by atoms with Gasteiger partial charge < -0.3 is 5.73 Å². The molecular weight excluding hydrogens is 178 g/mol. The molecule has 0 aliphatic heterocycles. The van der Waals surface area contributed by atoms with Crippen LogP contribution in [-0.2, 0) is 6.42 Å². The summed E-state index contributed by atoms with van der Waals surface area (Å²) in [6, 6.07) is 6.29. The summed E-state index contributed by atoms with van der Waals surface area (Å²) in [6.45, 7) is 4.73. The van der Waals surface area contributed by atoms with Gasteiger partial charge in [-0.05, 0) is 30.5 Å². The normalized spacial score (nSPS) is 10.1. The van der Waals surface area contributed by atoms with Gasteiger partial charge in [-0.3, -0.25) is 0 Å². The number of nitrogens with two attached hydrogens (primary N) is 1. The lowest BCUT2D eigenvalue weighted by atomic mass is 9.99. The molecular formula is C11H15NS. The van der Waals surface area contributed by atoms with Crippen molar-refractivity contribution in [3.63, 3.8) is 0 Å². The van der Waals surface area contributed by atoms with Crippen molar-refractivity contribution >= 4 is 17.1 Å². The molecule has 0 aliphatic carbocycles. The predicted molar refractivity (Wildman–Crippen MR) is 61.3 cm³/mol. The summed E-state index contributed by atoms with van der Waals surface area (Å²) in [5.41, 5.74) is 9.41. The quantitative estimate of drug-likeness (QED) is 0.745. The first kappa shape index (κ1) is 10.4. The largest absolute Gasteiger partial charge is 0.326 e. The van der Waals surface area contributed by atoms with E-state index in [0.29, 0.717) is 6.54 Å². The van der Waals surface area contributed by atoms with E-state index in [-0.39, 0.29) is 0 Å². The molecule has 0 atom stereocenters. The number of rotatable bonds is 3. The Morgan fingerprint density at radius 3 is 2.31 bits per heavy atom. The summed E-state index contributed by atoms with van der Waals surface area (Å²) in [7, 11) is 0. The molecule has 70 valence electrons. The Morgan fingerprint density at radius 2 is 1.85 bits per heavy atom. The van der Waals surface area contributed by atoms with Crippen LogP contribution in [0.15, 0.2) is 18.2 Å². The van der Waals surface area contributed by atoms with Crippen molar-refractivity contribution in [3.05, 3.63) is 34.9 Å². The van der Waals surface area contributed by atoms with Crippen molar-refractivity contribution in [2.75, 3.05) is 6.54 Å². The highest BCUT2D eigenvalue weighted by molar-refractivity contribution is 7.80. The number of thiocarbonyl (C=S) groups is 1. The Balaban J connectivity index is 2.93. The fourth-order valence-electron chi connectivity index (χ4n) is 1.40. The van der Waals surface area contributed by atoms with Crippen molar-refractivity contribution in [1.29, 1.82) is 0 Å². The van der Waals surface area contributed by atoms with Crippen LogP contribution in [0.2, 0.25) is 0 Å². The van der Waals surface area contributed by atoms with Crippen LogP contribution in [-0.4, -0.2) is 11.4 Å². The maximum atomic E-state index is 5.48. The average Bonchev–Trinajstić information content (AvgIpc) is 2.11. The molecule has 13 heavy (non-hydrogen) atoms. The van der Waals surface area contributed by atoms with E-state index in [1.165, 1.54) is 16.7 Å². The summed E-state index contributed by atoms with van der Waals surface area (Å²) in [4.78, 5) is 0.928. The lowest BCUT2D eigenvalue weighted by Gasteiger charge is -2.08. The van der Waals surface area contributed by atoms with Gasteiger partial charge >= 0.3 is 0 Å². The molecule has 2 heteroatoms. The lowest BCUT2D eigenvalue weighted by Crippen LogP contribution is -2.14. The highest BCUT2D eigenvalue weighted by Gasteiger charge is 2.03. The van der Waals surface area contributed by atoms with Crippen LogP contribution in [0.4, 0.5) is 0 Å². The molecule has 1 nitrogen and oxygen atoms in total. The van der Waals surface area contributed by atoms with Gasteiger partial charge in [0.1, 0.15) is 0 Å². The monoisotopic (exact) mass is 193 g/mol. The Labute approximate surface area is 85.0 Å². The molecule has 0 fully saturated rings. The van der Waals surface area contributed by atoms with Gasteiger partial charge in [0, 0.05) is 17.8 Å². The fourth-order valence-corrected chi connectivity index (χ4v) is 1.54. The zero-order valence-electron chi connectivity index (χ0n) is 8.13. The van der Waals surface area contributed by atoms with Gasteiger partial charge in [0.05, 0.1) is 0 Å². The Kier molecular flexibility index (Phi) is 3.58. The molecule has 0 bridgehead atoms. The molecule has 1 rings (SSSR count). The van der Waals surface area contributed by atoms with Gasteiger partial charge in [-0.1, -0.05) is 30.4 Å². The van der Waals surface area contributed by atoms with E-state index in [2.05, 4.69) is 32.0 Å². The van der Waals surface area contributed by atoms with Crippen LogP contribution in [0.3, 0.4) is 0 Å². The molecule has 0 saturated heterocycles. The molecule has 0 radical (unpaired) electrons. The number of hydrogen-bond acceptors (Lipinski definition) is 2. The summed E-state index contributed by atoms with van der Waals surface area (Å²) in [5.74, 6) is 0. The molecule has 0 spiro atoms. The second kappa shape index (κ2) is 4.49. The highest BCUT2D eigenvalue weighted by Crippen LogP contribution is 2.14. The van der Waals surface area contributed by atoms with E-state index in [0.717, 1.165) is 11.3 Å². The summed E-state index contributed by atoms with van der Waals surface area (Å²) in [6.07, 6.45) is 0.838. The van der Waals surface area contributed by atoms with Crippen LogP contribution in [0, 0.1) is 13.8 Å². The third kappa shape index (κ3) is 2.61. The Bertz CT molecular complexity index is 298. The molecule has 0 saturated carbocycles. The molecule has 0 heterocycles. The van der Waals surface area contributed by atoms with Crippen molar-refractivity contribution < 1.29 is 0 Å². The van der Waals surface area contributed by atoms with Crippen molar-refractivity contribution in [2.45, 2.75) is 20.3 Å². The fraction of sp³-hybridized carbons (Fsp3) is 0.364. The summed E-state index contributed by atoms with van der Waals surface area (Å²) < 4.78 is 0. The van der Waals surface area contributed by atoms with Crippen LogP contribution >= 0.6 is 12.2 Å². The van der Waals surface area contributed by atoms with E-state index < -0.39 is 0 Å². The van der Waals surface area contributed by atoms with Gasteiger partial charge in [0.25, 0.3) is 0 Å². The Hall–Kier alpha value is -0.730. The first-order valence-electron chi connectivity index (χ1n) is 4.42. The van der Waals surface area contributed by atoms with Gasteiger partial charge in [-0.15, -0.1) is 0 Å². The van der Waals surface area contributed by atoms with Crippen molar-refractivity contribution in [3.8, 4) is 0 Å². The predicted octanol–water partition coefficient (Wildman–Crippen LogP) is 2.17. The summed E-state index contributed by atoms with van der Waals surface area (Å²) >= 11 is 5.13. The van der Waals surface area contributed by atoms with E-state index in [4.69, 9.17) is 18.0 Å². The third-order valence-corrected chi connectivity index (χ3v) is 2.56. The minimum absolute atomic E-state index is 0.503. The molecule has 2 N–H and O–H groups in total. The zero-order valence-corrected chi connectivity index (χ0v) is 8.95. The zero-order chi connectivity index (χ0) is 9.84. The molecule has 1 aromatic carbocycles. The topological polar surface area (TPSA) is 26.0 Å². The van der Waals surface area contributed by atoms with Gasteiger partial charge in [0.15, 0.2) is 0 Å². The second-order valence-electron chi connectivity index (χ2n) is 3.29. The van der Waals surface area contributed by atoms with Crippen LogP contribution in [0.1, 0.15) is 16.7 Å². The molecule has 0 amide bonds. The lowest BCUT2D eigenvalue weighted by molar-refractivity contribution is 1.18. The first-order valence-corrected chi connectivity index (χ1v) is 4.83. The van der Waals surface area contributed by atoms with Gasteiger partial charge in [0.2, 0.25) is 0 Å². The number of benzene rings is 1. The van der Waals surface area contributed by atoms with Crippen molar-refractivity contribution in [1.82, 2.24) is 0 Å².